The summed E-state index contributed by atoms with van der Waals surface area (Å²) in [6.45, 7) is 4.26. The first-order valence-electron chi connectivity index (χ1n) is 5.74. The second kappa shape index (κ2) is 5.36. The quantitative estimate of drug-likeness (QED) is 0.866. The molecule has 1 heterocycles. The topological polar surface area (TPSA) is 24.9 Å². The zero-order valence-corrected chi connectivity index (χ0v) is 11.0. The highest BCUT2D eigenvalue weighted by atomic mass is 35.5. The molecule has 0 saturated carbocycles. The van der Waals surface area contributed by atoms with Crippen molar-refractivity contribution in [1.29, 1.82) is 0 Å². The standard InChI is InChI=1S/C14H14ClFN2/c1-9(2)10-3-5-12(6-4-10)18-14-13(16)7-11(15)8-17-14/h3-9H,1-2H3,(H,17,18). The van der Waals surface area contributed by atoms with E-state index in [9.17, 15) is 4.39 Å². The Labute approximate surface area is 111 Å². The lowest BCUT2D eigenvalue weighted by molar-refractivity contribution is 0.626. The van der Waals surface area contributed by atoms with Crippen LogP contribution in [-0.2, 0) is 0 Å². The Morgan fingerprint density at radius 3 is 2.44 bits per heavy atom. The Balaban J connectivity index is 2.18. The minimum absolute atomic E-state index is 0.177. The second-order valence-corrected chi connectivity index (χ2v) is 4.82. The molecule has 0 saturated heterocycles. The molecule has 18 heavy (non-hydrogen) atoms. The molecule has 0 bridgehead atoms. The summed E-state index contributed by atoms with van der Waals surface area (Å²) in [4.78, 5) is 3.91. The van der Waals surface area contributed by atoms with E-state index >= 15 is 0 Å². The molecule has 0 fully saturated rings. The van der Waals surface area contributed by atoms with E-state index in [-0.39, 0.29) is 10.8 Å². The summed E-state index contributed by atoms with van der Waals surface area (Å²) in [6, 6.07) is 9.08. The zero-order chi connectivity index (χ0) is 13.1. The van der Waals surface area contributed by atoms with E-state index in [0.29, 0.717) is 5.92 Å². The third kappa shape index (κ3) is 2.99. The van der Waals surface area contributed by atoms with Gasteiger partial charge < -0.3 is 5.32 Å². The van der Waals surface area contributed by atoms with Gasteiger partial charge in [-0.3, -0.25) is 0 Å². The maximum absolute atomic E-state index is 13.5. The molecule has 1 aromatic carbocycles. The first kappa shape index (κ1) is 12.8. The minimum atomic E-state index is -0.463. The van der Waals surface area contributed by atoms with Crippen molar-refractivity contribution in [2.45, 2.75) is 19.8 Å². The van der Waals surface area contributed by atoms with Crippen molar-refractivity contribution in [3.8, 4) is 0 Å². The number of halogens is 2. The molecule has 1 N–H and O–H groups in total. The monoisotopic (exact) mass is 264 g/mol. The third-order valence-electron chi connectivity index (χ3n) is 2.65. The molecule has 2 nitrogen and oxygen atoms in total. The highest BCUT2D eigenvalue weighted by molar-refractivity contribution is 6.30. The van der Waals surface area contributed by atoms with Crippen LogP contribution in [0.5, 0.6) is 0 Å². The zero-order valence-electron chi connectivity index (χ0n) is 10.2. The normalized spacial score (nSPS) is 10.7. The molecular weight excluding hydrogens is 251 g/mol. The van der Waals surface area contributed by atoms with Gasteiger partial charge in [-0.2, -0.15) is 0 Å². The second-order valence-electron chi connectivity index (χ2n) is 4.39. The molecule has 0 aliphatic heterocycles. The molecule has 4 heteroatoms. The predicted octanol–water partition coefficient (Wildman–Crippen LogP) is 4.74. The van der Waals surface area contributed by atoms with Gasteiger partial charge >= 0.3 is 0 Å². The van der Waals surface area contributed by atoms with E-state index in [1.165, 1.54) is 17.8 Å². The van der Waals surface area contributed by atoms with Gasteiger partial charge in [0.05, 0.1) is 5.02 Å². The van der Waals surface area contributed by atoms with Gasteiger partial charge in [-0.05, 0) is 29.7 Å². The van der Waals surface area contributed by atoms with Crippen molar-refractivity contribution in [2.75, 3.05) is 5.32 Å². The lowest BCUT2D eigenvalue weighted by Crippen LogP contribution is -1.97. The molecule has 2 aromatic rings. The van der Waals surface area contributed by atoms with Crippen molar-refractivity contribution in [2.24, 2.45) is 0 Å². The molecule has 0 radical (unpaired) electrons. The number of nitrogens with zero attached hydrogens (tertiary/aromatic N) is 1. The summed E-state index contributed by atoms with van der Waals surface area (Å²) in [7, 11) is 0. The smallest absolute Gasteiger partial charge is 0.167 e. The summed E-state index contributed by atoms with van der Waals surface area (Å²) >= 11 is 5.65. The van der Waals surface area contributed by atoms with Gasteiger partial charge in [0.1, 0.15) is 0 Å². The number of hydrogen-bond donors (Lipinski definition) is 1. The molecule has 0 amide bonds. The van der Waals surface area contributed by atoms with Gasteiger partial charge in [-0.1, -0.05) is 37.6 Å². The average molecular weight is 265 g/mol. The Kier molecular flexibility index (Phi) is 3.82. The van der Waals surface area contributed by atoms with Gasteiger partial charge in [-0.15, -0.1) is 0 Å². The van der Waals surface area contributed by atoms with Crippen LogP contribution in [0.3, 0.4) is 0 Å². The maximum atomic E-state index is 13.5. The minimum Gasteiger partial charge on any atom is -0.338 e. The molecule has 0 unspecified atom stereocenters. The van der Waals surface area contributed by atoms with Gasteiger partial charge in [0, 0.05) is 11.9 Å². The SMILES string of the molecule is CC(C)c1ccc(Nc2ncc(Cl)cc2F)cc1. The summed E-state index contributed by atoms with van der Waals surface area (Å²) < 4.78 is 13.5. The summed E-state index contributed by atoms with van der Waals surface area (Å²) in [5.74, 6) is 0.191. The summed E-state index contributed by atoms with van der Waals surface area (Å²) in [5, 5.41) is 3.21. The Morgan fingerprint density at radius 2 is 1.89 bits per heavy atom. The average Bonchev–Trinajstić information content (AvgIpc) is 2.33. The molecule has 0 aliphatic rings. The van der Waals surface area contributed by atoms with Crippen LogP contribution in [0.25, 0.3) is 0 Å². The molecule has 0 aliphatic carbocycles. The summed E-state index contributed by atoms with van der Waals surface area (Å²) in [5.41, 5.74) is 2.04. The van der Waals surface area contributed by atoms with Gasteiger partial charge in [0.2, 0.25) is 0 Å². The van der Waals surface area contributed by atoms with Gasteiger partial charge in [0.25, 0.3) is 0 Å². The molecule has 94 valence electrons. The first-order valence-corrected chi connectivity index (χ1v) is 6.12. The molecule has 1 aromatic heterocycles. The van der Waals surface area contributed by atoms with E-state index in [1.54, 1.807) is 0 Å². The predicted molar refractivity (Wildman–Crippen MR) is 73.0 cm³/mol. The van der Waals surface area contributed by atoms with Crippen molar-refractivity contribution < 1.29 is 4.39 Å². The summed E-state index contributed by atoms with van der Waals surface area (Å²) in [6.07, 6.45) is 1.41. The van der Waals surface area contributed by atoms with E-state index < -0.39 is 5.82 Å². The highest BCUT2D eigenvalue weighted by Crippen LogP contribution is 2.22. The number of rotatable bonds is 3. The fourth-order valence-electron chi connectivity index (χ4n) is 1.59. The van der Waals surface area contributed by atoms with Gasteiger partial charge in [-0.25, -0.2) is 9.37 Å². The number of nitrogens with one attached hydrogen (secondary N) is 1. The highest BCUT2D eigenvalue weighted by Gasteiger charge is 2.05. The van der Waals surface area contributed by atoms with Crippen LogP contribution in [0, 0.1) is 5.82 Å². The van der Waals surface area contributed by atoms with E-state index in [4.69, 9.17) is 11.6 Å². The van der Waals surface area contributed by atoms with Crippen LogP contribution >= 0.6 is 11.6 Å². The maximum Gasteiger partial charge on any atom is 0.167 e. The lowest BCUT2D eigenvalue weighted by Gasteiger charge is -2.09. The largest absolute Gasteiger partial charge is 0.338 e. The Morgan fingerprint density at radius 1 is 1.22 bits per heavy atom. The third-order valence-corrected chi connectivity index (χ3v) is 2.85. The molecule has 2 rings (SSSR count). The fourth-order valence-corrected chi connectivity index (χ4v) is 1.74. The van der Waals surface area contributed by atoms with Crippen LogP contribution in [0.1, 0.15) is 25.3 Å². The lowest BCUT2D eigenvalue weighted by atomic mass is 10.0. The van der Waals surface area contributed by atoms with Gasteiger partial charge in [0.15, 0.2) is 11.6 Å². The fraction of sp³-hybridized carbons (Fsp3) is 0.214. The van der Waals surface area contributed by atoms with Crippen LogP contribution in [0.2, 0.25) is 5.02 Å². The Hall–Kier alpha value is -1.61. The van der Waals surface area contributed by atoms with E-state index in [0.717, 1.165) is 5.69 Å². The Bertz CT molecular complexity index is 538. The van der Waals surface area contributed by atoms with Crippen molar-refractivity contribution in [3.63, 3.8) is 0 Å². The number of benzene rings is 1. The number of aromatic nitrogens is 1. The van der Waals surface area contributed by atoms with E-state index in [2.05, 4.69) is 24.1 Å². The van der Waals surface area contributed by atoms with E-state index in [1.807, 2.05) is 24.3 Å². The van der Waals surface area contributed by atoms with Crippen LogP contribution < -0.4 is 5.32 Å². The number of hydrogen-bond acceptors (Lipinski definition) is 2. The van der Waals surface area contributed by atoms with Crippen LogP contribution in [0.15, 0.2) is 36.5 Å². The van der Waals surface area contributed by atoms with Crippen LogP contribution in [-0.4, -0.2) is 4.98 Å². The van der Waals surface area contributed by atoms with Crippen molar-refractivity contribution >= 4 is 23.1 Å². The van der Waals surface area contributed by atoms with Crippen LogP contribution in [0.4, 0.5) is 15.9 Å². The molecule has 0 atom stereocenters. The number of pyridine rings is 1. The molecule has 0 spiro atoms. The molecular formula is C14H14ClFN2. The number of anilines is 2. The van der Waals surface area contributed by atoms with Crippen molar-refractivity contribution in [3.05, 3.63) is 52.9 Å². The van der Waals surface area contributed by atoms with Crippen molar-refractivity contribution in [1.82, 2.24) is 4.98 Å². The first-order chi connectivity index (χ1) is 8.56.